The van der Waals surface area contributed by atoms with Gasteiger partial charge in [-0.2, -0.15) is 0 Å². The SMILES string of the molecule is OC(c1cncnc1)C(c1ccccc1)c1ccccc1. The fourth-order valence-corrected chi connectivity index (χ4v) is 2.53. The van der Waals surface area contributed by atoms with Crippen LogP contribution in [0.5, 0.6) is 0 Å². The van der Waals surface area contributed by atoms with Crippen molar-refractivity contribution in [3.8, 4) is 0 Å². The van der Waals surface area contributed by atoms with Gasteiger partial charge in [0.25, 0.3) is 0 Å². The summed E-state index contributed by atoms with van der Waals surface area (Å²) in [4.78, 5) is 8.01. The summed E-state index contributed by atoms with van der Waals surface area (Å²) in [6.07, 6.45) is 4.11. The first-order chi connectivity index (χ1) is 10.4. The molecule has 0 radical (unpaired) electrons. The molecule has 3 rings (SSSR count). The van der Waals surface area contributed by atoms with Crippen LogP contribution in [0.1, 0.15) is 28.7 Å². The first-order valence-electron chi connectivity index (χ1n) is 6.89. The molecule has 104 valence electrons. The third-order valence-corrected chi connectivity index (χ3v) is 3.56. The molecule has 0 amide bonds. The molecular weight excluding hydrogens is 260 g/mol. The van der Waals surface area contributed by atoms with Crippen molar-refractivity contribution < 1.29 is 5.11 Å². The van der Waals surface area contributed by atoms with Gasteiger partial charge < -0.3 is 5.11 Å². The summed E-state index contributed by atoms with van der Waals surface area (Å²) in [5.74, 6) is -0.140. The predicted octanol–water partition coefficient (Wildman–Crippen LogP) is 3.34. The Bertz CT molecular complexity index is 632. The van der Waals surface area contributed by atoms with Crippen LogP contribution >= 0.6 is 0 Å². The average molecular weight is 276 g/mol. The highest BCUT2D eigenvalue weighted by Gasteiger charge is 2.24. The van der Waals surface area contributed by atoms with Crippen molar-refractivity contribution in [2.24, 2.45) is 0 Å². The number of aliphatic hydroxyl groups excluding tert-OH is 1. The molecule has 0 saturated heterocycles. The maximum atomic E-state index is 10.8. The quantitative estimate of drug-likeness (QED) is 0.795. The molecule has 0 fully saturated rings. The second-order valence-corrected chi connectivity index (χ2v) is 4.92. The molecule has 3 nitrogen and oxygen atoms in total. The molecule has 3 aromatic rings. The van der Waals surface area contributed by atoms with Crippen LogP contribution in [-0.4, -0.2) is 15.1 Å². The van der Waals surface area contributed by atoms with Crippen LogP contribution in [-0.2, 0) is 0 Å². The van der Waals surface area contributed by atoms with Gasteiger partial charge in [-0.3, -0.25) is 0 Å². The van der Waals surface area contributed by atoms with Gasteiger partial charge in [-0.05, 0) is 11.1 Å². The highest BCUT2D eigenvalue weighted by atomic mass is 16.3. The van der Waals surface area contributed by atoms with E-state index in [1.54, 1.807) is 12.4 Å². The Labute approximate surface area is 124 Å². The van der Waals surface area contributed by atoms with Crippen molar-refractivity contribution in [2.75, 3.05) is 0 Å². The number of benzene rings is 2. The number of hydrogen-bond acceptors (Lipinski definition) is 3. The van der Waals surface area contributed by atoms with E-state index >= 15 is 0 Å². The van der Waals surface area contributed by atoms with Gasteiger partial charge in [-0.25, -0.2) is 9.97 Å². The normalized spacial score (nSPS) is 12.3. The summed E-state index contributed by atoms with van der Waals surface area (Å²) >= 11 is 0. The molecule has 0 aliphatic rings. The molecule has 0 aliphatic carbocycles. The van der Waals surface area contributed by atoms with E-state index in [9.17, 15) is 5.11 Å². The van der Waals surface area contributed by atoms with Crippen LogP contribution in [0.2, 0.25) is 0 Å². The minimum absolute atomic E-state index is 0.140. The molecule has 1 heterocycles. The van der Waals surface area contributed by atoms with Gasteiger partial charge in [0.05, 0.1) is 6.10 Å². The van der Waals surface area contributed by atoms with Crippen LogP contribution in [0, 0.1) is 0 Å². The molecule has 0 bridgehead atoms. The predicted molar refractivity (Wildman–Crippen MR) is 81.7 cm³/mol. The first kappa shape index (κ1) is 13.5. The van der Waals surface area contributed by atoms with Crippen molar-refractivity contribution in [3.63, 3.8) is 0 Å². The van der Waals surface area contributed by atoms with E-state index in [-0.39, 0.29) is 5.92 Å². The lowest BCUT2D eigenvalue weighted by Gasteiger charge is -2.24. The van der Waals surface area contributed by atoms with Gasteiger partial charge in [-0.1, -0.05) is 60.7 Å². The van der Waals surface area contributed by atoms with Gasteiger partial charge >= 0.3 is 0 Å². The van der Waals surface area contributed by atoms with E-state index in [1.807, 2.05) is 60.7 Å². The third-order valence-electron chi connectivity index (χ3n) is 3.56. The number of nitrogens with zero attached hydrogens (tertiary/aromatic N) is 2. The molecule has 0 aliphatic heterocycles. The lowest BCUT2D eigenvalue weighted by Crippen LogP contribution is -2.13. The summed E-state index contributed by atoms with van der Waals surface area (Å²) in [5.41, 5.74) is 2.86. The first-order valence-corrected chi connectivity index (χ1v) is 6.89. The van der Waals surface area contributed by atoms with Crippen LogP contribution in [0.3, 0.4) is 0 Å². The molecule has 1 N–H and O–H groups in total. The molecule has 1 atom stereocenters. The summed E-state index contributed by atoms with van der Waals surface area (Å²) in [5, 5.41) is 10.8. The maximum Gasteiger partial charge on any atom is 0.115 e. The zero-order valence-corrected chi connectivity index (χ0v) is 11.5. The highest BCUT2D eigenvalue weighted by molar-refractivity contribution is 5.35. The molecule has 1 aromatic heterocycles. The molecule has 1 unspecified atom stereocenters. The average Bonchev–Trinajstić information content (AvgIpc) is 2.58. The number of aromatic nitrogens is 2. The lowest BCUT2D eigenvalue weighted by molar-refractivity contribution is 0.158. The maximum absolute atomic E-state index is 10.8. The molecular formula is C18H16N2O. The molecule has 3 heteroatoms. The topological polar surface area (TPSA) is 46.0 Å². The molecule has 21 heavy (non-hydrogen) atoms. The van der Waals surface area contributed by atoms with E-state index in [0.29, 0.717) is 0 Å². The molecule has 2 aromatic carbocycles. The largest absolute Gasteiger partial charge is 0.387 e. The number of rotatable bonds is 4. The summed E-state index contributed by atoms with van der Waals surface area (Å²) in [6.45, 7) is 0. The second kappa shape index (κ2) is 6.29. The van der Waals surface area contributed by atoms with E-state index < -0.39 is 6.10 Å². The Morgan fingerprint density at radius 3 is 1.62 bits per heavy atom. The van der Waals surface area contributed by atoms with Crippen molar-refractivity contribution in [3.05, 3.63) is 96.1 Å². The monoisotopic (exact) mass is 276 g/mol. The fraction of sp³-hybridized carbons (Fsp3) is 0.111. The zero-order chi connectivity index (χ0) is 14.5. The van der Waals surface area contributed by atoms with E-state index in [1.165, 1.54) is 6.33 Å². The Kier molecular flexibility index (Phi) is 4.03. The van der Waals surface area contributed by atoms with E-state index in [0.717, 1.165) is 16.7 Å². The Morgan fingerprint density at radius 2 is 1.14 bits per heavy atom. The lowest BCUT2D eigenvalue weighted by atomic mass is 9.84. The second-order valence-electron chi connectivity index (χ2n) is 4.92. The highest BCUT2D eigenvalue weighted by Crippen LogP contribution is 2.36. The van der Waals surface area contributed by atoms with Crippen LogP contribution in [0.4, 0.5) is 0 Å². The smallest absolute Gasteiger partial charge is 0.115 e. The molecule has 0 spiro atoms. The van der Waals surface area contributed by atoms with Gasteiger partial charge in [0.2, 0.25) is 0 Å². The number of hydrogen-bond donors (Lipinski definition) is 1. The molecule has 0 saturated carbocycles. The Morgan fingerprint density at radius 1 is 0.667 bits per heavy atom. The summed E-state index contributed by atoms with van der Waals surface area (Å²) in [6, 6.07) is 20.0. The van der Waals surface area contributed by atoms with Gasteiger partial charge in [0.1, 0.15) is 6.33 Å². The van der Waals surface area contributed by atoms with Crippen LogP contribution in [0.25, 0.3) is 0 Å². The number of aliphatic hydroxyl groups is 1. The van der Waals surface area contributed by atoms with Gasteiger partial charge in [0.15, 0.2) is 0 Å². The minimum atomic E-state index is -0.684. The van der Waals surface area contributed by atoms with Crippen molar-refractivity contribution >= 4 is 0 Å². The minimum Gasteiger partial charge on any atom is -0.387 e. The van der Waals surface area contributed by atoms with Crippen molar-refractivity contribution in [1.29, 1.82) is 0 Å². The Balaban J connectivity index is 2.05. The van der Waals surface area contributed by atoms with Crippen LogP contribution in [0.15, 0.2) is 79.4 Å². The third kappa shape index (κ3) is 2.98. The van der Waals surface area contributed by atoms with Crippen molar-refractivity contribution in [2.45, 2.75) is 12.0 Å². The summed E-state index contributed by atoms with van der Waals surface area (Å²) in [7, 11) is 0. The Hall–Kier alpha value is -2.52. The van der Waals surface area contributed by atoms with Crippen molar-refractivity contribution in [1.82, 2.24) is 9.97 Å². The zero-order valence-electron chi connectivity index (χ0n) is 11.5. The summed E-state index contributed by atoms with van der Waals surface area (Å²) < 4.78 is 0. The van der Waals surface area contributed by atoms with E-state index in [4.69, 9.17) is 0 Å². The van der Waals surface area contributed by atoms with Gasteiger partial charge in [0, 0.05) is 23.9 Å². The van der Waals surface area contributed by atoms with E-state index in [2.05, 4.69) is 9.97 Å². The standard InChI is InChI=1S/C18H16N2O/c21-18(16-11-19-13-20-12-16)17(14-7-3-1-4-8-14)15-9-5-2-6-10-15/h1-13,17-18,21H. The van der Waals surface area contributed by atoms with Gasteiger partial charge in [-0.15, -0.1) is 0 Å². The van der Waals surface area contributed by atoms with Crippen LogP contribution < -0.4 is 0 Å². The fourth-order valence-electron chi connectivity index (χ4n) is 2.53.